The maximum absolute atomic E-state index is 8.13. The molecule has 0 amide bonds. The molecular formula is C9H5N. The molecule has 1 heteroatoms. The summed E-state index contributed by atoms with van der Waals surface area (Å²) in [6.45, 7) is 0. The number of benzene rings is 1. The Morgan fingerprint density at radius 1 is 1.40 bits per heavy atom. The zero-order valence-corrected chi connectivity index (χ0v) is 5.33. The molecule has 0 aliphatic heterocycles. The number of rotatable bonds is 1. The zero-order chi connectivity index (χ0) is 7.23. The third-order valence-electron chi connectivity index (χ3n) is 1.05. The fourth-order valence-electron chi connectivity index (χ4n) is 0.612. The van der Waals surface area contributed by atoms with Crippen LogP contribution in [-0.4, -0.2) is 0 Å². The van der Waals surface area contributed by atoms with Crippen molar-refractivity contribution in [1.29, 1.82) is 5.26 Å². The molecule has 0 atom stereocenters. The van der Waals surface area contributed by atoms with Crippen LogP contribution in [0.5, 0.6) is 0 Å². The molecule has 1 nitrogen and oxygen atoms in total. The number of hydrogen-bond acceptors (Lipinski definition) is 1. The van der Waals surface area contributed by atoms with E-state index in [1.807, 2.05) is 12.1 Å². The number of allylic oxidation sites excluding steroid dienone is 1. The van der Waals surface area contributed by atoms with Crippen LogP contribution in [0, 0.1) is 23.5 Å². The van der Waals surface area contributed by atoms with Crippen LogP contribution >= 0.6 is 0 Å². The molecule has 0 spiro atoms. The van der Waals surface area contributed by atoms with E-state index < -0.39 is 0 Å². The summed E-state index contributed by atoms with van der Waals surface area (Å²) in [6, 6.07) is 12.0. The van der Waals surface area contributed by atoms with E-state index in [0.29, 0.717) is 0 Å². The Balaban J connectivity index is 2.79. The molecule has 0 aliphatic rings. The van der Waals surface area contributed by atoms with E-state index in [2.05, 4.69) is 12.1 Å². The van der Waals surface area contributed by atoms with Crippen molar-refractivity contribution >= 4 is 6.08 Å². The lowest BCUT2D eigenvalue weighted by molar-refractivity contribution is 1.52. The SMILES string of the molecule is N#C[C]=Cc1cc[c]cc1. The molecule has 1 aromatic carbocycles. The second-order valence-corrected chi connectivity index (χ2v) is 1.73. The second kappa shape index (κ2) is 3.47. The lowest BCUT2D eigenvalue weighted by Gasteiger charge is -1.85. The maximum atomic E-state index is 8.13. The van der Waals surface area contributed by atoms with Crippen LogP contribution in [0.15, 0.2) is 24.3 Å². The van der Waals surface area contributed by atoms with Gasteiger partial charge in [0.25, 0.3) is 0 Å². The lowest BCUT2D eigenvalue weighted by atomic mass is 10.2. The van der Waals surface area contributed by atoms with Crippen molar-refractivity contribution in [3.8, 4) is 6.07 Å². The molecular weight excluding hydrogens is 122 g/mol. The average molecular weight is 127 g/mol. The minimum atomic E-state index is 0.973. The van der Waals surface area contributed by atoms with Gasteiger partial charge in [0.2, 0.25) is 0 Å². The third kappa shape index (κ3) is 1.75. The summed E-state index contributed by atoms with van der Waals surface area (Å²) in [4.78, 5) is 0. The van der Waals surface area contributed by atoms with Crippen molar-refractivity contribution in [2.24, 2.45) is 0 Å². The van der Waals surface area contributed by atoms with Gasteiger partial charge in [0.15, 0.2) is 0 Å². The fraction of sp³-hybridized carbons (Fsp3) is 0. The van der Waals surface area contributed by atoms with Gasteiger partial charge in [-0.25, -0.2) is 0 Å². The highest BCUT2D eigenvalue weighted by Crippen LogP contribution is 1.98. The molecule has 0 aromatic heterocycles. The first kappa shape index (κ1) is 6.57. The summed E-state index contributed by atoms with van der Waals surface area (Å²) >= 11 is 0. The normalized spacial score (nSPS) is 9.50. The van der Waals surface area contributed by atoms with Crippen molar-refractivity contribution in [3.05, 3.63) is 42.0 Å². The molecule has 46 valence electrons. The molecule has 0 heterocycles. The zero-order valence-electron chi connectivity index (χ0n) is 5.33. The molecule has 0 saturated carbocycles. The molecule has 2 radical (unpaired) electrons. The van der Waals surface area contributed by atoms with E-state index in [1.54, 1.807) is 24.3 Å². The Hall–Kier alpha value is -1.55. The summed E-state index contributed by atoms with van der Waals surface area (Å²) in [5.41, 5.74) is 0.973. The van der Waals surface area contributed by atoms with Crippen molar-refractivity contribution in [2.75, 3.05) is 0 Å². The molecule has 1 aromatic rings. The summed E-state index contributed by atoms with van der Waals surface area (Å²) in [7, 11) is 0. The van der Waals surface area contributed by atoms with Gasteiger partial charge in [-0.3, -0.25) is 0 Å². The molecule has 0 saturated heterocycles. The topological polar surface area (TPSA) is 23.8 Å². The van der Waals surface area contributed by atoms with Crippen molar-refractivity contribution in [1.82, 2.24) is 0 Å². The van der Waals surface area contributed by atoms with Crippen LogP contribution in [0.3, 0.4) is 0 Å². The van der Waals surface area contributed by atoms with E-state index in [1.165, 1.54) is 0 Å². The van der Waals surface area contributed by atoms with Crippen molar-refractivity contribution in [3.63, 3.8) is 0 Å². The average Bonchev–Trinajstić information content (AvgIpc) is 2.03. The standard InChI is InChI=1S/C9H5N/c10-8-4-7-9-5-2-1-3-6-9/h2-3,5-7H. The molecule has 0 bridgehead atoms. The summed E-state index contributed by atoms with van der Waals surface area (Å²) in [5, 5.41) is 8.13. The van der Waals surface area contributed by atoms with Gasteiger partial charge in [-0.15, -0.1) is 0 Å². The predicted molar refractivity (Wildman–Crippen MR) is 38.6 cm³/mol. The first-order valence-electron chi connectivity index (χ1n) is 2.87. The smallest absolute Gasteiger partial charge is 0.101 e. The minimum absolute atomic E-state index is 0.973. The van der Waals surface area contributed by atoms with Gasteiger partial charge in [-0.2, -0.15) is 5.26 Å². The van der Waals surface area contributed by atoms with Crippen molar-refractivity contribution < 1.29 is 0 Å². The highest BCUT2D eigenvalue weighted by molar-refractivity contribution is 5.48. The number of nitriles is 1. The Morgan fingerprint density at radius 3 is 2.70 bits per heavy atom. The molecule has 0 fully saturated rings. The van der Waals surface area contributed by atoms with E-state index >= 15 is 0 Å². The molecule has 1 rings (SSSR count). The highest BCUT2D eigenvalue weighted by atomic mass is 14.2. The van der Waals surface area contributed by atoms with Gasteiger partial charge in [0, 0.05) is 0 Å². The highest BCUT2D eigenvalue weighted by Gasteiger charge is 1.79. The fourth-order valence-corrected chi connectivity index (χ4v) is 0.612. The first-order valence-corrected chi connectivity index (χ1v) is 2.87. The van der Waals surface area contributed by atoms with E-state index in [4.69, 9.17) is 5.26 Å². The molecule has 0 N–H and O–H groups in total. The van der Waals surface area contributed by atoms with Crippen LogP contribution in [0.1, 0.15) is 5.56 Å². The quantitative estimate of drug-likeness (QED) is 0.528. The van der Waals surface area contributed by atoms with Gasteiger partial charge in [-0.1, -0.05) is 24.3 Å². The largest absolute Gasteiger partial charge is 0.192 e. The van der Waals surface area contributed by atoms with Gasteiger partial charge < -0.3 is 0 Å². The van der Waals surface area contributed by atoms with E-state index in [9.17, 15) is 0 Å². The Labute approximate surface area is 60.2 Å². The molecule has 0 unspecified atom stereocenters. The third-order valence-corrected chi connectivity index (χ3v) is 1.05. The lowest BCUT2D eigenvalue weighted by Crippen LogP contribution is -1.66. The maximum Gasteiger partial charge on any atom is 0.101 e. The monoisotopic (exact) mass is 127 g/mol. The van der Waals surface area contributed by atoms with Crippen molar-refractivity contribution in [2.45, 2.75) is 0 Å². The first-order chi connectivity index (χ1) is 4.93. The summed E-state index contributed by atoms with van der Waals surface area (Å²) in [5.74, 6) is 0. The van der Waals surface area contributed by atoms with E-state index in [0.717, 1.165) is 5.56 Å². The number of hydrogen-bond donors (Lipinski definition) is 0. The Kier molecular flexibility index (Phi) is 2.28. The van der Waals surface area contributed by atoms with Crippen LogP contribution in [0.4, 0.5) is 0 Å². The number of nitrogens with zero attached hydrogens (tertiary/aromatic N) is 1. The Bertz CT molecular complexity index is 254. The predicted octanol–water partition coefficient (Wildman–Crippen LogP) is 1.83. The van der Waals surface area contributed by atoms with Crippen LogP contribution in [0.2, 0.25) is 0 Å². The van der Waals surface area contributed by atoms with Gasteiger partial charge >= 0.3 is 0 Å². The van der Waals surface area contributed by atoms with Crippen LogP contribution in [-0.2, 0) is 0 Å². The minimum Gasteiger partial charge on any atom is -0.192 e. The van der Waals surface area contributed by atoms with Gasteiger partial charge in [0.1, 0.15) is 6.07 Å². The van der Waals surface area contributed by atoms with Crippen LogP contribution < -0.4 is 0 Å². The summed E-state index contributed by atoms with van der Waals surface area (Å²) in [6.07, 6.45) is 4.06. The van der Waals surface area contributed by atoms with Gasteiger partial charge in [0.05, 0.1) is 6.08 Å². The van der Waals surface area contributed by atoms with E-state index in [-0.39, 0.29) is 0 Å². The van der Waals surface area contributed by atoms with Gasteiger partial charge in [-0.05, 0) is 17.7 Å². The molecule has 0 aliphatic carbocycles. The summed E-state index contributed by atoms with van der Waals surface area (Å²) < 4.78 is 0. The second-order valence-electron chi connectivity index (χ2n) is 1.73. The Morgan fingerprint density at radius 2 is 2.10 bits per heavy atom. The van der Waals surface area contributed by atoms with Crippen LogP contribution in [0.25, 0.3) is 6.08 Å². The molecule has 10 heavy (non-hydrogen) atoms.